The van der Waals surface area contributed by atoms with Gasteiger partial charge in [-0.25, -0.2) is 0 Å². The molecule has 2 heterocycles. The molecule has 2 aromatic rings. The average Bonchev–Trinajstić information content (AvgIpc) is 2.87. The number of pyridine rings is 1. The maximum absolute atomic E-state index is 13.1. The number of amides is 1. The van der Waals surface area contributed by atoms with E-state index in [-0.39, 0.29) is 17.6 Å². The maximum atomic E-state index is 13.1. The van der Waals surface area contributed by atoms with Gasteiger partial charge in [-0.2, -0.15) is 0 Å². The van der Waals surface area contributed by atoms with Gasteiger partial charge < -0.3 is 4.90 Å². The summed E-state index contributed by atoms with van der Waals surface area (Å²) < 4.78 is 0. The van der Waals surface area contributed by atoms with Gasteiger partial charge >= 0.3 is 0 Å². The van der Waals surface area contributed by atoms with Crippen molar-refractivity contribution in [2.45, 2.75) is 44.9 Å². The van der Waals surface area contributed by atoms with Crippen LogP contribution < -0.4 is 0 Å². The standard InChI is InChI=1S/C23H26N2O2/c1-16-4-2-3-5-20(16)17-9-12-25(13-10-17)23(27)18-6-7-19-15-24-11-8-21(19)22(26)14-18/h2-5,8,11,15,17-18H,6-7,9-10,12-14H2,1H3. The van der Waals surface area contributed by atoms with Crippen LogP contribution in [-0.4, -0.2) is 34.7 Å². The normalized spacial score (nSPS) is 20.9. The largest absolute Gasteiger partial charge is 0.342 e. The highest BCUT2D eigenvalue weighted by molar-refractivity contribution is 6.00. The molecular formula is C23H26N2O2. The van der Waals surface area contributed by atoms with Gasteiger partial charge in [-0.1, -0.05) is 24.3 Å². The molecule has 4 nitrogen and oxygen atoms in total. The maximum Gasteiger partial charge on any atom is 0.226 e. The molecule has 1 amide bonds. The zero-order chi connectivity index (χ0) is 18.8. The highest BCUT2D eigenvalue weighted by Crippen LogP contribution is 2.32. The number of aromatic nitrogens is 1. The van der Waals surface area contributed by atoms with Crippen LogP contribution in [0.3, 0.4) is 0 Å². The third-order valence-electron chi connectivity index (χ3n) is 6.18. The van der Waals surface area contributed by atoms with Crippen LogP contribution in [0.25, 0.3) is 0 Å². The molecule has 1 aliphatic heterocycles. The van der Waals surface area contributed by atoms with Gasteiger partial charge in [0, 0.05) is 43.4 Å². The average molecular weight is 362 g/mol. The lowest BCUT2D eigenvalue weighted by Gasteiger charge is -2.34. The number of aryl methyl sites for hydroxylation is 2. The summed E-state index contributed by atoms with van der Waals surface area (Å²) in [4.78, 5) is 31.8. The van der Waals surface area contributed by atoms with Crippen LogP contribution >= 0.6 is 0 Å². The molecule has 1 fully saturated rings. The highest BCUT2D eigenvalue weighted by atomic mass is 16.2. The molecule has 1 aromatic heterocycles. The van der Waals surface area contributed by atoms with Crippen molar-refractivity contribution in [3.63, 3.8) is 0 Å². The van der Waals surface area contributed by atoms with Crippen LogP contribution in [0.4, 0.5) is 0 Å². The molecule has 1 saturated heterocycles. The van der Waals surface area contributed by atoms with Crippen molar-refractivity contribution >= 4 is 11.7 Å². The fourth-order valence-corrected chi connectivity index (χ4v) is 4.59. The van der Waals surface area contributed by atoms with Gasteiger partial charge in [0.1, 0.15) is 0 Å². The predicted molar refractivity (Wildman–Crippen MR) is 105 cm³/mol. The number of Topliss-reactive ketones (excluding diaryl/α,β-unsaturated/α-hetero) is 1. The molecule has 2 aliphatic rings. The first-order valence-electron chi connectivity index (χ1n) is 9.94. The minimum atomic E-state index is -0.195. The molecule has 0 N–H and O–H groups in total. The number of carbonyl (C=O) groups excluding carboxylic acids is 2. The molecule has 0 saturated carbocycles. The summed E-state index contributed by atoms with van der Waals surface area (Å²) in [6.07, 6.45) is 7.26. The Balaban J connectivity index is 1.40. The van der Waals surface area contributed by atoms with Gasteiger partial charge in [-0.15, -0.1) is 0 Å². The topological polar surface area (TPSA) is 50.3 Å². The van der Waals surface area contributed by atoms with E-state index < -0.39 is 0 Å². The van der Waals surface area contributed by atoms with Crippen molar-refractivity contribution in [3.8, 4) is 0 Å². The number of fused-ring (bicyclic) bond motifs is 1. The third-order valence-corrected chi connectivity index (χ3v) is 6.18. The zero-order valence-corrected chi connectivity index (χ0v) is 15.9. The summed E-state index contributed by atoms with van der Waals surface area (Å²) in [6.45, 7) is 3.74. The van der Waals surface area contributed by atoms with E-state index in [4.69, 9.17) is 0 Å². The summed E-state index contributed by atoms with van der Waals surface area (Å²) in [5, 5.41) is 0. The summed E-state index contributed by atoms with van der Waals surface area (Å²) in [5.41, 5.74) is 4.48. The SMILES string of the molecule is Cc1ccccc1C1CCN(C(=O)C2CCc3cnccc3C(=O)C2)CC1. The molecule has 27 heavy (non-hydrogen) atoms. The summed E-state index contributed by atoms with van der Waals surface area (Å²) in [7, 11) is 0. The smallest absolute Gasteiger partial charge is 0.226 e. The number of nitrogens with zero attached hydrogens (tertiary/aromatic N) is 2. The van der Waals surface area contributed by atoms with E-state index >= 15 is 0 Å². The molecule has 1 aromatic carbocycles. The fourth-order valence-electron chi connectivity index (χ4n) is 4.59. The second-order valence-corrected chi connectivity index (χ2v) is 7.85. The van der Waals surface area contributed by atoms with E-state index in [1.165, 1.54) is 11.1 Å². The van der Waals surface area contributed by atoms with Crippen LogP contribution in [0.1, 0.15) is 58.6 Å². The number of carbonyl (C=O) groups is 2. The lowest BCUT2D eigenvalue weighted by atomic mass is 9.86. The third kappa shape index (κ3) is 3.66. The van der Waals surface area contributed by atoms with Crippen LogP contribution in [0.15, 0.2) is 42.7 Å². The minimum Gasteiger partial charge on any atom is -0.342 e. The molecule has 1 aliphatic carbocycles. The van der Waals surface area contributed by atoms with Crippen molar-refractivity contribution < 1.29 is 9.59 Å². The van der Waals surface area contributed by atoms with Crippen LogP contribution in [0, 0.1) is 12.8 Å². The zero-order valence-electron chi connectivity index (χ0n) is 15.9. The van der Waals surface area contributed by atoms with E-state index in [0.717, 1.165) is 49.9 Å². The fraction of sp³-hybridized carbons (Fsp3) is 0.435. The molecule has 4 heteroatoms. The first kappa shape index (κ1) is 17.9. The van der Waals surface area contributed by atoms with E-state index in [9.17, 15) is 9.59 Å². The number of hydrogen-bond donors (Lipinski definition) is 0. The van der Waals surface area contributed by atoms with Crippen molar-refractivity contribution in [3.05, 3.63) is 65.0 Å². The predicted octanol–water partition coefficient (Wildman–Crippen LogP) is 3.93. The van der Waals surface area contributed by atoms with Crippen molar-refractivity contribution in [2.75, 3.05) is 13.1 Å². The van der Waals surface area contributed by atoms with E-state index in [2.05, 4.69) is 36.2 Å². The monoisotopic (exact) mass is 362 g/mol. The lowest BCUT2D eigenvalue weighted by Crippen LogP contribution is -2.41. The molecule has 0 spiro atoms. The Morgan fingerprint density at radius 1 is 1.11 bits per heavy atom. The Labute approximate surface area is 160 Å². The van der Waals surface area contributed by atoms with Crippen molar-refractivity contribution in [1.29, 1.82) is 0 Å². The Morgan fingerprint density at radius 3 is 2.67 bits per heavy atom. The van der Waals surface area contributed by atoms with Gasteiger partial charge in [-0.05, 0) is 61.3 Å². The minimum absolute atomic E-state index is 0.0815. The number of rotatable bonds is 2. The number of likely N-dealkylation sites (tertiary alicyclic amines) is 1. The highest BCUT2D eigenvalue weighted by Gasteiger charge is 2.32. The number of piperidine rings is 1. The van der Waals surface area contributed by atoms with E-state index in [1.807, 2.05) is 4.90 Å². The molecule has 1 unspecified atom stereocenters. The second-order valence-electron chi connectivity index (χ2n) is 7.85. The van der Waals surface area contributed by atoms with Gasteiger partial charge in [0.2, 0.25) is 5.91 Å². The Bertz CT molecular complexity index is 853. The van der Waals surface area contributed by atoms with E-state index in [1.54, 1.807) is 18.5 Å². The van der Waals surface area contributed by atoms with Crippen LogP contribution in [0.2, 0.25) is 0 Å². The summed E-state index contributed by atoms with van der Waals surface area (Å²) >= 11 is 0. The van der Waals surface area contributed by atoms with Crippen LogP contribution in [-0.2, 0) is 11.2 Å². The van der Waals surface area contributed by atoms with E-state index in [0.29, 0.717) is 12.3 Å². The summed E-state index contributed by atoms with van der Waals surface area (Å²) in [6, 6.07) is 10.3. The molecule has 0 radical (unpaired) electrons. The molecule has 140 valence electrons. The van der Waals surface area contributed by atoms with Gasteiger partial charge in [0.25, 0.3) is 0 Å². The Kier molecular flexibility index (Phi) is 5.06. The summed E-state index contributed by atoms with van der Waals surface area (Å²) in [5.74, 6) is 0.576. The molecular weight excluding hydrogens is 336 g/mol. The van der Waals surface area contributed by atoms with Crippen molar-refractivity contribution in [2.24, 2.45) is 5.92 Å². The number of hydrogen-bond acceptors (Lipinski definition) is 3. The molecule has 4 rings (SSSR count). The molecule has 0 bridgehead atoms. The quantitative estimate of drug-likeness (QED) is 0.761. The molecule has 1 atom stereocenters. The van der Waals surface area contributed by atoms with Crippen LogP contribution in [0.5, 0.6) is 0 Å². The Morgan fingerprint density at radius 2 is 1.89 bits per heavy atom. The van der Waals surface area contributed by atoms with Gasteiger partial charge in [-0.3, -0.25) is 14.6 Å². The van der Waals surface area contributed by atoms with Gasteiger partial charge in [0.05, 0.1) is 0 Å². The van der Waals surface area contributed by atoms with Gasteiger partial charge in [0.15, 0.2) is 5.78 Å². The Hall–Kier alpha value is -2.49. The first-order valence-corrected chi connectivity index (χ1v) is 9.94. The second kappa shape index (κ2) is 7.63. The number of ketones is 1. The lowest BCUT2D eigenvalue weighted by molar-refractivity contribution is -0.136. The number of benzene rings is 1. The van der Waals surface area contributed by atoms with Crippen molar-refractivity contribution in [1.82, 2.24) is 9.88 Å². The first-order chi connectivity index (χ1) is 13.1.